The van der Waals surface area contributed by atoms with E-state index in [1.807, 2.05) is 12.1 Å². The van der Waals surface area contributed by atoms with E-state index in [9.17, 15) is 15.2 Å². The number of nitro groups is 1. The van der Waals surface area contributed by atoms with E-state index in [1.165, 1.54) is 6.07 Å². The molecule has 2 aromatic heterocycles. The second-order valence-electron chi connectivity index (χ2n) is 6.09. The van der Waals surface area contributed by atoms with Gasteiger partial charge in [-0.2, -0.15) is 4.98 Å². The monoisotopic (exact) mass is 440 g/mol. The number of non-ortho nitro benzene ring substituents is 1. The Morgan fingerprint density at radius 2 is 1.89 bits per heavy atom. The molecule has 0 spiro atoms. The van der Waals surface area contributed by atoms with Gasteiger partial charge in [-0.1, -0.05) is 51.4 Å². The molecule has 0 amide bonds. The van der Waals surface area contributed by atoms with Crippen molar-refractivity contribution >= 4 is 32.5 Å². The van der Waals surface area contributed by atoms with Crippen molar-refractivity contribution in [3.63, 3.8) is 0 Å². The Bertz CT molecular complexity index is 1160. The van der Waals surface area contributed by atoms with Crippen molar-refractivity contribution in [2.24, 2.45) is 0 Å². The molecular weight excluding hydrogens is 428 g/mol. The molecule has 2 aromatic carbocycles. The lowest BCUT2D eigenvalue weighted by atomic mass is 10.1. The first-order valence-corrected chi connectivity index (χ1v) is 9.11. The van der Waals surface area contributed by atoms with Crippen LogP contribution in [0.3, 0.4) is 0 Å². The number of para-hydroxylation sites is 1. The maximum absolute atomic E-state index is 11.2. The minimum Gasteiger partial charge on any atom is -0.388 e. The van der Waals surface area contributed by atoms with E-state index in [0.29, 0.717) is 16.9 Å². The van der Waals surface area contributed by atoms with Crippen LogP contribution in [0.4, 0.5) is 5.69 Å². The molecule has 9 heteroatoms. The van der Waals surface area contributed by atoms with Crippen LogP contribution in [0.2, 0.25) is 0 Å². The third-order valence-corrected chi connectivity index (χ3v) is 4.74. The van der Waals surface area contributed by atoms with Crippen LogP contribution < -0.4 is 0 Å². The van der Waals surface area contributed by atoms with E-state index in [2.05, 4.69) is 31.1 Å². The summed E-state index contributed by atoms with van der Waals surface area (Å²) in [6, 6.07) is 15.4. The van der Waals surface area contributed by atoms with Gasteiger partial charge in [-0.05, 0) is 23.8 Å². The number of hydrogen-bond acceptors (Lipinski definition) is 7. The standard InChI is InChI=1S/C19H13BrN4O4/c20-13-7-4-11(5-8-13)16(25)10-17-22-19(28-23-17)14-9-6-12-2-1-3-15(24(26)27)18(12)21-14/h1-9,16,25H,10H2. The number of aliphatic hydroxyl groups is 1. The zero-order valence-corrected chi connectivity index (χ0v) is 15.9. The lowest BCUT2D eigenvalue weighted by Gasteiger charge is -2.08. The number of nitrogens with zero attached hydrogens (tertiary/aromatic N) is 4. The minimum absolute atomic E-state index is 0.0928. The number of nitro benzene ring substituents is 1. The molecule has 4 rings (SSSR count). The summed E-state index contributed by atoms with van der Waals surface area (Å²) >= 11 is 3.35. The first-order chi connectivity index (χ1) is 13.5. The van der Waals surface area contributed by atoms with Crippen LogP contribution in [-0.4, -0.2) is 25.2 Å². The summed E-state index contributed by atoms with van der Waals surface area (Å²) in [5.41, 5.74) is 1.22. The van der Waals surface area contributed by atoms with Crippen LogP contribution in [0.1, 0.15) is 17.5 Å². The SMILES string of the molecule is O=[N+]([O-])c1cccc2ccc(-c3nc(CC(O)c4ccc(Br)cc4)no3)nc12. The third kappa shape index (κ3) is 3.62. The molecule has 0 aliphatic rings. The highest BCUT2D eigenvalue weighted by Gasteiger charge is 2.18. The summed E-state index contributed by atoms with van der Waals surface area (Å²) in [7, 11) is 0. The number of hydrogen-bond donors (Lipinski definition) is 1. The van der Waals surface area contributed by atoms with Crippen molar-refractivity contribution in [2.45, 2.75) is 12.5 Å². The zero-order chi connectivity index (χ0) is 19.7. The van der Waals surface area contributed by atoms with Crippen LogP contribution in [0.15, 0.2) is 63.6 Å². The molecule has 0 aliphatic heterocycles. The van der Waals surface area contributed by atoms with Gasteiger partial charge in [0, 0.05) is 22.3 Å². The molecule has 4 aromatic rings. The van der Waals surface area contributed by atoms with E-state index in [0.717, 1.165) is 10.0 Å². The molecule has 0 bridgehead atoms. The van der Waals surface area contributed by atoms with Gasteiger partial charge in [-0.3, -0.25) is 10.1 Å². The lowest BCUT2D eigenvalue weighted by molar-refractivity contribution is -0.383. The van der Waals surface area contributed by atoms with Crippen molar-refractivity contribution < 1.29 is 14.6 Å². The Morgan fingerprint density at radius 3 is 2.64 bits per heavy atom. The van der Waals surface area contributed by atoms with Crippen LogP contribution in [0.25, 0.3) is 22.5 Å². The molecule has 0 saturated carbocycles. The molecule has 140 valence electrons. The van der Waals surface area contributed by atoms with E-state index >= 15 is 0 Å². The summed E-state index contributed by atoms with van der Waals surface area (Å²) in [6.45, 7) is 0. The summed E-state index contributed by atoms with van der Waals surface area (Å²) in [4.78, 5) is 19.3. The van der Waals surface area contributed by atoms with Gasteiger partial charge < -0.3 is 9.63 Å². The Labute approximate surface area is 167 Å². The molecule has 0 radical (unpaired) electrons. The quantitative estimate of drug-likeness (QED) is 0.364. The average molecular weight is 441 g/mol. The number of benzene rings is 2. The summed E-state index contributed by atoms with van der Waals surface area (Å²) in [5.74, 6) is 0.452. The fraction of sp³-hybridized carbons (Fsp3) is 0.105. The van der Waals surface area contributed by atoms with Gasteiger partial charge in [0.2, 0.25) is 0 Å². The predicted molar refractivity (Wildman–Crippen MR) is 104 cm³/mol. The van der Waals surface area contributed by atoms with Crippen molar-refractivity contribution in [3.05, 3.63) is 80.6 Å². The van der Waals surface area contributed by atoms with Gasteiger partial charge >= 0.3 is 0 Å². The number of aliphatic hydroxyl groups excluding tert-OH is 1. The number of rotatable bonds is 5. The number of aromatic nitrogens is 3. The number of halogens is 1. The van der Waals surface area contributed by atoms with E-state index < -0.39 is 11.0 Å². The molecule has 0 saturated heterocycles. The maximum Gasteiger partial charge on any atom is 0.295 e. The van der Waals surface area contributed by atoms with Crippen molar-refractivity contribution in [1.82, 2.24) is 15.1 Å². The van der Waals surface area contributed by atoms with Crippen molar-refractivity contribution in [2.75, 3.05) is 0 Å². The van der Waals surface area contributed by atoms with E-state index in [4.69, 9.17) is 4.52 Å². The summed E-state index contributed by atoms with van der Waals surface area (Å²) in [5, 5.41) is 26.1. The highest BCUT2D eigenvalue weighted by Crippen LogP contribution is 2.27. The van der Waals surface area contributed by atoms with E-state index in [-0.39, 0.29) is 23.5 Å². The predicted octanol–water partition coefficient (Wildman–Crippen LogP) is 4.23. The van der Waals surface area contributed by atoms with Gasteiger partial charge in [0.1, 0.15) is 11.2 Å². The highest BCUT2D eigenvalue weighted by molar-refractivity contribution is 9.10. The van der Waals surface area contributed by atoms with Gasteiger partial charge in [0.05, 0.1) is 11.0 Å². The Hall–Kier alpha value is -3.17. The van der Waals surface area contributed by atoms with Crippen LogP contribution in [-0.2, 0) is 6.42 Å². The minimum atomic E-state index is -0.788. The van der Waals surface area contributed by atoms with Crippen LogP contribution in [0, 0.1) is 10.1 Å². The molecule has 0 aliphatic carbocycles. The molecule has 2 heterocycles. The lowest BCUT2D eigenvalue weighted by Crippen LogP contribution is -2.03. The average Bonchev–Trinajstić information content (AvgIpc) is 3.16. The molecule has 1 N–H and O–H groups in total. The molecule has 1 atom stereocenters. The largest absolute Gasteiger partial charge is 0.388 e. The molecule has 28 heavy (non-hydrogen) atoms. The highest BCUT2D eigenvalue weighted by atomic mass is 79.9. The van der Waals surface area contributed by atoms with Gasteiger partial charge in [0.25, 0.3) is 11.6 Å². The second-order valence-corrected chi connectivity index (χ2v) is 7.01. The third-order valence-electron chi connectivity index (χ3n) is 4.21. The Kier molecular flexibility index (Phi) is 4.84. The van der Waals surface area contributed by atoms with Crippen molar-refractivity contribution in [1.29, 1.82) is 0 Å². The first-order valence-electron chi connectivity index (χ1n) is 8.32. The van der Waals surface area contributed by atoms with Crippen molar-refractivity contribution in [3.8, 4) is 11.6 Å². The maximum atomic E-state index is 11.2. The normalized spacial score (nSPS) is 12.2. The fourth-order valence-corrected chi connectivity index (χ4v) is 3.08. The first kappa shape index (κ1) is 18.2. The zero-order valence-electron chi connectivity index (χ0n) is 14.3. The molecule has 8 nitrogen and oxygen atoms in total. The van der Waals surface area contributed by atoms with E-state index in [1.54, 1.807) is 36.4 Å². The summed E-state index contributed by atoms with van der Waals surface area (Å²) in [6.07, 6.45) is -0.622. The smallest absolute Gasteiger partial charge is 0.295 e. The van der Waals surface area contributed by atoms with Crippen LogP contribution >= 0.6 is 15.9 Å². The second kappa shape index (κ2) is 7.45. The Morgan fingerprint density at radius 1 is 1.11 bits per heavy atom. The molecule has 1 unspecified atom stereocenters. The van der Waals surface area contributed by atoms with Gasteiger partial charge in [-0.25, -0.2) is 4.98 Å². The van der Waals surface area contributed by atoms with Gasteiger partial charge in [0.15, 0.2) is 5.82 Å². The number of pyridine rings is 1. The summed E-state index contributed by atoms with van der Waals surface area (Å²) < 4.78 is 6.16. The molecular formula is C19H13BrN4O4. The number of fused-ring (bicyclic) bond motifs is 1. The van der Waals surface area contributed by atoms with Gasteiger partial charge in [-0.15, -0.1) is 0 Å². The topological polar surface area (TPSA) is 115 Å². The molecule has 0 fully saturated rings. The Balaban J connectivity index is 1.61. The van der Waals surface area contributed by atoms with Crippen LogP contribution in [0.5, 0.6) is 0 Å². The fourth-order valence-electron chi connectivity index (χ4n) is 2.81.